The van der Waals surface area contributed by atoms with E-state index < -0.39 is 0 Å². The maximum absolute atomic E-state index is 4.16. The van der Waals surface area contributed by atoms with Crippen molar-refractivity contribution in [1.82, 2.24) is 9.88 Å². The Hall–Kier alpha value is -0.0600. The molecule has 0 saturated carbocycles. The van der Waals surface area contributed by atoms with Crippen LogP contribution in [0.5, 0.6) is 0 Å². The fourth-order valence-electron chi connectivity index (χ4n) is 1.27. The first kappa shape index (κ1) is 8.53. The molecule has 0 N–H and O–H groups in total. The minimum absolute atomic E-state index is 1.01. The van der Waals surface area contributed by atoms with Gasteiger partial charge in [0.25, 0.3) is 0 Å². The third kappa shape index (κ3) is 2.21. The first-order chi connectivity index (χ1) is 5.95. The monoisotopic (exact) mass is 199 g/mol. The van der Waals surface area contributed by atoms with Crippen molar-refractivity contribution in [3.8, 4) is 0 Å². The van der Waals surface area contributed by atoms with Crippen LogP contribution in [0.1, 0.15) is 5.69 Å². The number of hydrogen-bond donors (Lipinski definition) is 0. The number of thiazole rings is 1. The Labute approximate surface area is 81.0 Å². The molecule has 2 rings (SSSR count). The molecule has 1 aliphatic heterocycles. The summed E-state index contributed by atoms with van der Waals surface area (Å²) in [4.78, 5) is 6.61. The quantitative estimate of drug-likeness (QED) is 0.718. The van der Waals surface area contributed by atoms with Crippen LogP contribution < -0.4 is 0 Å². The molecule has 1 aromatic rings. The predicted molar refractivity (Wildman–Crippen MR) is 53.6 cm³/mol. The lowest BCUT2D eigenvalue weighted by atomic mass is 10.4. The van der Waals surface area contributed by atoms with Gasteiger partial charge in [-0.25, -0.2) is 4.98 Å². The smallest absolute Gasteiger partial charge is 0.152 e. The van der Waals surface area contributed by atoms with E-state index in [-0.39, 0.29) is 0 Å². The van der Waals surface area contributed by atoms with Crippen molar-refractivity contribution in [3.05, 3.63) is 16.6 Å². The molecule has 0 amide bonds. The maximum atomic E-state index is 4.16. The largest absolute Gasteiger partial charge is 0.296 e. The second kappa shape index (κ2) is 4.25. The highest BCUT2D eigenvalue weighted by atomic mass is 32.2. The number of rotatable bonds is 2. The molecule has 0 bridgehead atoms. The maximum Gasteiger partial charge on any atom is 0.152 e. The van der Waals surface area contributed by atoms with Gasteiger partial charge in [0.1, 0.15) is 0 Å². The van der Waals surface area contributed by atoms with E-state index in [1.165, 1.54) is 30.3 Å². The Bertz CT molecular complexity index is 217. The van der Waals surface area contributed by atoms with E-state index in [1.54, 1.807) is 11.3 Å². The fourth-order valence-corrected chi connectivity index (χ4v) is 2.73. The van der Waals surface area contributed by atoms with Gasteiger partial charge in [0.05, 0.1) is 5.69 Å². The van der Waals surface area contributed by atoms with Crippen LogP contribution in [-0.2, 0) is 6.54 Å². The van der Waals surface area contributed by atoms with Gasteiger partial charge in [0, 0.05) is 36.5 Å². The zero-order valence-corrected chi connectivity index (χ0v) is 8.46. The van der Waals surface area contributed by atoms with Crippen LogP contribution in [0.15, 0.2) is 5.38 Å². The van der Waals surface area contributed by atoms with Crippen molar-refractivity contribution in [1.29, 1.82) is 0 Å². The van der Waals surface area contributed by atoms with Crippen LogP contribution in [0.25, 0.3) is 0 Å². The van der Waals surface area contributed by atoms with E-state index >= 15 is 0 Å². The van der Waals surface area contributed by atoms with Gasteiger partial charge in [-0.3, -0.25) is 4.90 Å². The van der Waals surface area contributed by atoms with E-state index in [2.05, 4.69) is 20.8 Å². The Balaban J connectivity index is 1.86. The Kier molecular flexibility index (Phi) is 3.03. The van der Waals surface area contributed by atoms with Crippen LogP contribution in [0.2, 0.25) is 0 Å². The van der Waals surface area contributed by atoms with E-state index in [4.69, 9.17) is 0 Å². The summed E-state index contributed by atoms with van der Waals surface area (Å²) in [5.41, 5.74) is 4.05. The molecule has 1 radical (unpaired) electrons. The first-order valence-corrected chi connectivity index (χ1v) is 6.09. The summed E-state index contributed by atoms with van der Waals surface area (Å²) in [6.45, 7) is 3.44. The number of thioether (sulfide) groups is 1. The van der Waals surface area contributed by atoms with Crippen molar-refractivity contribution in [3.63, 3.8) is 0 Å². The third-order valence-corrected chi connectivity index (χ3v) is 3.46. The first-order valence-electron chi connectivity index (χ1n) is 4.06. The predicted octanol–water partition coefficient (Wildman–Crippen LogP) is 1.49. The van der Waals surface area contributed by atoms with Gasteiger partial charge in [-0.05, 0) is 0 Å². The van der Waals surface area contributed by atoms with Gasteiger partial charge in [-0.1, -0.05) is 0 Å². The molecule has 1 fully saturated rings. The highest BCUT2D eigenvalue weighted by Gasteiger charge is 2.10. The van der Waals surface area contributed by atoms with Crippen LogP contribution in [-0.4, -0.2) is 34.5 Å². The third-order valence-electron chi connectivity index (χ3n) is 1.93. The van der Waals surface area contributed by atoms with Gasteiger partial charge >= 0.3 is 0 Å². The summed E-state index contributed by atoms with van der Waals surface area (Å²) >= 11 is 3.60. The molecule has 0 aromatic carbocycles. The van der Waals surface area contributed by atoms with Crippen molar-refractivity contribution >= 4 is 23.1 Å². The summed E-state index contributed by atoms with van der Waals surface area (Å²) in [6, 6.07) is 0. The van der Waals surface area contributed by atoms with Gasteiger partial charge in [-0.2, -0.15) is 11.8 Å². The summed E-state index contributed by atoms with van der Waals surface area (Å²) in [5, 5.41) is 2.09. The number of aromatic nitrogens is 1. The highest BCUT2D eigenvalue weighted by Crippen LogP contribution is 2.12. The number of hydrogen-bond acceptors (Lipinski definition) is 4. The second-order valence-electron chi connectivity index (χ2n) is 2.82. The van der Waals surface area contributed by atoms with Crippen molar-refractivity contribution in [2.24, 2.45) is 0 Å². The molecule has 12 heavy (non-hydrogen) atoms. The summed E-state index contributed by atoms with van der Waals surface area (Å²) < 4.78 is 0. The zero-order valence-electron chi connectivity index (χ0n) is 6.82. The van der Waals surface area contributed by atoms with Crippen LogP contribution in [0.4, 0.5) is 0 Å². The molecule has 65 valence electrons. The molecule has 1 saturated heterocycles. The highest BCUT2D eigenvalue weighted by molar-refractivity contribution is 7.99. The molecule has 2 heterocycles. The Morgan fingerprint density at radius 2 is 2.33 bits per heavy atom. The molecule has 2 nitrogen and oxygen atoms in total. The summed E-state index contributed by atoms with van der Waals surface area (Å²) in [6.07, 6.45) is 0. The van der Waals surface area contributed by atoms with Crippen LogP contribution >= 0.6 is 23.1 Å². The Morgan fingerprint density at radius 1 is 1.50 bits per heavy atom. The SMILES string of the molecule is [c]1nc(CN2CCSCC2)cs1. The lowest BCUT2D eigenvalue weighted by Crippen LogP contribution is -2.32. The van der Waals surface area contributed by atoms with Gasteiger partial charge < -0.3 is 0 Å². The van der Waals surface area contributed by atoms with E-state index in [0.29, 0.717) is 0 Å². The van der Waals surface area contributed by atoms with Gasteiger partial charge in [0.15, 0.2) is 5.51 Å². The molecule has 1 aromatic heterocycles. The van der Waals surface area contributed by atoms with E-state index in [9.17, 15) is 0 Å². The molecule has 1 aliphatic rings. The minimum atomic E-state index is 1.01. The Morgan fingerprint density at radius 3 is 3.00 bits per heavy atom. The van der Waals surface area contributed by atoms with Gasteiger partial charge in [-0.15, -0.1) is 11.3 Å². The zero-order chi connectivity index (χ0) is 8.23. The molecule has 4 heteroatoms. The lowest BCUT2D eigenvalue weighted by molar-refractivity contribution is 0.291. The molecular weight excluding hydrogens is 188 g/mol. The summed E-state index contributed by atoms with van der Waals surface area (Å²) in [5.74, 6) is 2.54. The average molecular weight is 199 g/mol. The molecule has 0 aliphatic carbocycles. The topological polar surface area (TPSA) is 16.1 Å². The van der Waals surface area contributed by atoms with Crippen molar-refractivity contribution in [2.45, 2.75) is 6.54 Å². The van der Waals surface area contributed by atoms with Gasteiger partial charge in [0.2, 0.25) is 0 Å². The van der Waals surface area contributed by atoms with Crippen molar-refractivity contribution in [2.75, 3.05) is 24.6 Å². The normalized spacial score (nSPS) is 19.7. The second-order valence-corrected chi connectivity index (χ2v) is 4.70. The van der Waals surface area contributed by atoms with Crippen molar-refractivity contribution < 1.29 is 0 Å². The van der Waals surface area contributed by atoms with E-state index in [1.807, 2.05) is 11.8 Å². The molecule has 0 atom stereocenters. The molecular formula is C8H11N2S2. The van der Waals surface area contributed by atoms with E-state index in [0.717, 1.165) is 6.54 Å². The average Bonchev–Trinajstić information content (AvgIpc) is 2.59. The van der Waals surface area contributed by atoms with Crippen LogP contribution in [0.3, 0.4) is 0 Å². The fraction of sp³-hybridized carbons (Fsp3) is 0.625. The lowest BCUT2D eigenvalue weighted by Gasteiger charge is -2.24. The minimum Gasteiger partial charge on any atom is -0.296 e. The number of nitrogens with zero attached hydrogens (tertiary/aromatic N) is 2. The molecule has 0 unspecified atom stereocenters. The summed E-state index contributed by atoms with van der Waals surface area (Å²) in [7, 11) is 0. The standard InChI is InChI=1S/C8H11N2S2/c1-3-11-4-2-10(1)5-8-6-12-7-9-8/h6H,1-5H2. The van der Waals surface area contributed by atoms with Crippen LogP contribution in [0, 0.1) is 5.51 Å². The molecule has 0 spiro atoms.